The number of ether oxygens (including phenoxy) is 2. The third kappa shape index (κ3) is 9.52. The quantitative estimate of drug-likeness (QED) is 0.270. The average molecular weight is 440 g/mol. The van der Waals surface area contributed by atoms with Crippen LogP contribution in [0.5, 0.6) is 0 Å². The first kappa shape index (κ1) is 26.5. The maximum Gasteiger partial charge on any atom is 0.408 e. The summed E-state index contributed by atoms with van der Waals surface area (Å²) < 4.78 is 17.1. The van der Waals surface area contributed by atoms with Crippen LogP contribution in [0.2, 0.25) is 18.1 Å². The molecule has 6 nitrogen and oxygen atoms in total. The van der Waals surface area contributed by atoms with Gasteiger partial charge in [0.2, 0.25) is 0 Å². The van der Waals surface area contributed by atoms with Crippen molar-refractivity contribution >= 4 is 20.4 Å². The molecule has 1 saturated carbocycles. The molecule has 0 bridgehead atoms. The topological polar surface area (TPSA) is 73.9 Å². The average Bonchev–Trinajstić information content (AvgIpc) is 2.57. The van der Waals surface area contributed by atoms with Gasteiger partial charge in [-0.2, -0.15) is 0 Å². The zero-order valence-electron chi connectivity index (χ0n) is 20.3. The lowest BCUT2D eigenvalue weighted by Gasteiger charge is -2.37. The molecular weight excluding hydrogens is 398 g/mol. The molecule has 1 rings (SSSR count). The van der Waals surface area contributed by atoms with E-state index in [1.807, 2.05) is 0 Å². The van der Waals surface area contributed by atoms with Crippen LogP contribution in [0, 0.1) is 17.8 Å². The normalized spacial score (nSPS) is 17.9. The molecule has 0 aliphatic heterocycles. The smallest absolute Gasteiger partial charge is 0.408 e. The highest BCUT2D eigenvalue weighted by Gasteiger charge is 2.40. The van der Waals surface area contributed by atoms with Crippen molar-refractivity contribution in [3.8, 4) is 11.8 Å². The Kier molecular flexibility index (Phi) is 9.43. The predicted molar refractivity (Wildman–Crippen MR) is 121 cm³/mol. The molecule has 7 heteroatoms. The van der Waals surface area contributed by atoms with E-state index in [-0.39, 0.29) is 5.04 Å². The molecule has 1 fully saturated rings. The Labute approximate surface area is 183 Å². The van der Waals surface area contributed by atoms with Crippen LogP contribution in [-0.4, -0.2) is 38.3 Å². The minimum atomic E-state index is -2.21. The maximum absolute atomic E-state index is 12.6. The number of hydrogen-bond acceptors (Lipinski definition) is 5. The minimum Gasteiger partial charge on any atom is -0.444 e. The summed E-state index contributed by atoms with van der Waals surface area (Å²) in [6.45, 7) is 17.4. The van der Waals surface area contributed by atoms with Crippen molar-refractivity contribution in [1.82, 2.24) is 5.32 Å². The first-order valence-electron chi connectivity index (χ1n) is 11.0. The summed E-state index contributed by atoms with van der Waals surface area (Å²) >= 11 is 0. The highest BCUT2D eigenvalue weighted by molar-refractivity contribution is 6.74. The molecule has 0 heterocycles. The molecule has 30 heavy (non-hydrogen) atoms. The fraction of sp³-hybridized carbons (Fsp3) is 0.826. The Bertz CT molecular complexity index is 645. The third-order valence-electron chi connectivity index (χ3n) is 5.53. The molecule has 2 atom stereocenters. The summed E-state index contributed by atoms with van der Waals surface area (Å²) in [5.74, 6) is 6.07. The van der Waals surface area contributed by atoms with Crippen LogP contribution in [0.15, 0.2) is 0 Å². The molecule has 0 saturated heterocycles. The first-order valence-corrected chi connectivity index (χ1v) is 13.9. The summed E-state index contributed by atoms with van der Waals surface area (Å²) in [5, 5.41) is 2.46. The molecule has 0 spiro atoms. The van der Waals surface area contributed by atoms with E-state index >= 15 is 0 Å². The fourth-order valence-electron chi connectivity index (χ4n) is 2.71. The Hall–Kier alpha value is -1.52. The van der Waals surface area contributed by atoms with E-state index in [0.717, 1.165) is 12.8 Å². The number of nitrogens with one attached hydrogen (secondary N) is 1. The van der Waals surface area contributed by atoms with Crippen molar-refractivity contribution in [2.75, 3.05) is 0 Å². The molecule has 1 N–H and O–H groups in total. The molecule has 1 aliphatic rings. The van der Waals surface area contributed by atoms with Crippen molar-refractivity contribution < 1.29 is 23.5 Å². The van der Waals surface area contributed by atoms with Gasteiger partial charge in [0.15, 0.2) is 8.32 Å². The Morgan fingerprint density at radius 3 is 2.10 bits per heavy atom. The van der Waals surface area contributed by atoms with Crippen molar-refractivity contribution in [2.24, 2.45) is 5.92 Å². The fourth-order valence-corrected chi connectivity index (χ4v) is 3.71. The van der Waals surface area contributed by atoms with Crippen LogP contribution >= 0.6 is 0 Å². The van der Waals surface area contributed by atoms with Gasteiger partial charge < -0.3 is 19.2 Å². The molecule has 0 aromatic heterocycles. The summed E-state index contributed by atoms with van der Waals surface area (Å²) in [4.78, 5) is 24.6. The van der Waals surface area contributed by atoms with Gasteiger partial charge in [-0.1, -0.05) is 46.0 Å². The van der Waals surface area contributed by atoms with E-state index in [4.69, 9.17) is 13.9 Å². The number of esters is 1. The van der Waals surface area contributed by atoms with Crippen LogP contribution in [0.25, 0.3) is 0 Å². The van der Waals surface area contributed by atoms with Crippen LogP contribution in [0.1, 0.15) is 80.6 Å². The standard InChI is InChI=1S/C23H41NO5Si/c1-17(24-21(26)28-22(2,3)4)20(25)27-19(29-30(8,9)23(5,6)7)16-15-18-13-11-10-12-14-18/h17-19H,10-14H2,1-9H3,(H,24,26)/t17?,19-/m0/s1. The summed E-state index contributed by atoms with van der Waals surface area (Å²) in [7, 11) is -2.21. The van der Waals surface area contributed by atoms with Gasteiger partial charge in [0.05, 0.1) is 0 Å². The van der Waals surface area contributed by atoms with Crippen LogP contribution in [0.3, 0.4) is 0 Å². The second-order valence-corrected chi connectivity index (χ2v) is 15.4. The molecule has 0 aromatic rings. The van der Waals surface area contributed by atoms with Gasteiger partial charge in [-0.3, -0.25) is 0 Å². The zero-order chi connectivity index (χ0) is 23.2. The lowest BCUT2D eigenvalue weighted by atomic mass is 9.90. The number of alkyl carbamates (subject to hydrolysis) is 1. The summed E-state index contributed by atoms with van der Waals surface area (Å²) in [5.41, 5.74) is -0.646. The van der Waals surface area contributed by atoms with Gasteiger partial charge in [0, 0.05) is 5.92 Å². The van der Waals surface area contributed by atoms with Crippen molar-refractivity contribution in [2.45, 2.75) is 117 Å². The van der Waals surface area contributed by atoms with Crippen LogP contribution in [-0.2, 0) is 18.7 Å². The second-order valence-electron chi connectivity index (χ2n) is 10.6. The van der Waals surface area contributed by atoms with E-state index in [0.29, 0.717) is 5.92 Å². The molecule has 0 radical (unpaired) electrons. The Morgan fingerprint density at radius 2 is 1.60 bits per heavy atom. The monoisotopic (exact) mass is 439 g/mol. The van der Waals surface area contributed by atoms with Crippen molar-refractivity contribution in [1.29, 1.82) is 0 Å². The molecule has 0 aromatic carbocycles. The third-order valence-corrected chi connectivity index (χ3v) is 9.94. The summed E-state index contributed by atoms with van der Waals surface area (Å²) in [6.07, 6.45) is 4.16. The molecule has 1 aliphatic carbocycles. The summed E-state index contributed by atoms with van der Waals surface area (Å²) in [6, 6.07) is -0.873. The van der Waals surface area contributed by atoms with Gasteiger partial charge in [-0.25, -0.2) is 9.59 Å². The second kappa shape index (κ2) is 10.7. The van der Waals surface area contributed by atoms with E-state index in [2.05, 4.69) is 51.0 Å². The van der Waals surface area contributed by atoms with Gasteiger partial charge in [-0.05, 0) is 64.6 Å². The van der Waals surface area contributed by atoms with E-state index < -0.39 is 38.3 Å². The first-order chi connectivity index (χ1) is 13.6. The Morgan fingerprint density at radius 1 is 1.03 bits per heavy atom. The SMILES string of the molecule is CC(NC(=O)OC(C)(C)C)C(=O)O[C@H](C#CC1CCCCC1)O[Si](C)(C)C(C)(C)C. The van der Waals surface area contributed by atoms with Gasteiger partial charge in [0.25, 0.3) is 6.29 Å². The molecule has 172 valence electrons. The minimum absolute atomic E-state index is 0.0510. The Balaban J connectivity index is 2.86. The van der Waals surface area contributed by atoms with Gasteiger partial charge in [-0.15, -0.1) is 0 Å². The predicted octanol–water partition coefficient (Wildman–Crippen LogP) is 5.37. The van der Waals surface area contributed by atoms with Crippen molar-refractivity contribution in [3.05, 3.63) is 0 Å². The lowest BCUT2D eigenvalue weighted by Crippen LogP contribution is -2.47. The van der Waals surface area contributed by atoms with Crippen LogP contribution in [0.4, 0.5) is 4.79 Å². The lowest BCUT2D eigenvalue weighted by molar-refractivity contribution is -0.160. The molecular formula is C23H41NO5Si. The number of hydrogen-bond donors (Lipinski definition) is 1. The van der Waals surface area contributed by atoms with E-state index in [1.165, 1.54) is 19.3 Å². The number of carbonyl (C=O) groups excluding carboxylic acids is 2. The highest BCUT2D eigenvalue weighted by atomic mass is 28.4. The van der Waals surface area contributed by atoms with Gasteiger partial charge >= 0.3 is 12.1 Å². The van der Waals surface area contributed by atoms with E-state index in [1.54, 1.807) is 27.7 Å². The molecule has 1 unspecified atom stereocenters. The van der Waals surface area contributed by atoms with Gasteiger partial charge in [0.1, 0.15) is 11.6 Å². The number of amides is 1. The number of rotatable bonds is 5. The van der Waals surface area contributed by atoms with Crippen molar-refractivity contribution in [3.63, 3.8) is 0 Å². The van der Waals surface area contributed by atoms with Crippen LogP contribution < -0.4 is 5.32 Å². The molecule has 1 amide bonds. The zero-order valence-corrected chi connectivity index (χ0v) is 21.3. The maximum atomic E-state index is 12.6. The largest absolute Gasteiger partial charge is 0.444 e. The number of carbonyl (C=O) groups is 2. The highest BCUT2D eigenvalue weighted by Crippen LogP contribution is 2.37. The van der Waals surface area contributed by atoms with E-state index in [9.17, 15) is 9.59 Å².